The summed E-state index contributed by atoms with van der Waals surface area (Å²) in [4.78, 5) is 18.7. The number of benzene rings is 1. The lowest BCUT2D eigenvalue weighted by atomic mass is 9.74. The molecule has 2 aromatic rings. The first-order valence-corrected chi connectivity index (χ1v) is 8.28. The average molecular weight is 331 g/mol. The van der Waals surface area contributed by atoms with Gasteiger partial charge in [-0.2, -0.15) is 0 Å². The van der Waals surface area contributed by atoms with Crippen molar-refractivity contribution in [2.45, 2.75) is 13.0 Å². The Kier molecular flexibility index (Phi) is 3.69. The van der Waals surface area contributed by atoms with E-state index >= 15 is 0 Å². The van der Waals surface area contributed by atoms with Crippen LogP contribution in [0.1, 0.15) is 6.42 Å². The third kappa shape index (κ3) is 2.19. The summed E-state index contributed by atoms with van der Waals surface area (Å²) in [6.45, 7) is 2.46. The fourth-order valence-corrected chi connectivity index (χ4v) is 4.08. The molecule has 0 saturated carbocycles. The predicted molar refractivity (Wildman–Crippen MR) is 88.0 cm³/mol. The highest BCUT2D eigenvalue weighted by Crippen LogP contribution is 2.44. The van der Waals surface area contributed by atoms with Gasteiger partial charge in [-0.1, -0.05) is 12.1 Å². The van der Waals surface area contributed by atoms with Crippen LogP contribution >= 0.6 is 0 Å². The molecule has 0 unspecified atom stereocenters. The number of hydrogen-bond donors (Lipinski definition) is 2. The van der Waals surface area contributed by atoms with Gasteiger partial charge in [0.05, 0.1) is 29.7 Å². The average Bonchev–Trinajstić information content (AvgIpc) is 3.15. The van der Waals surface area contributed by atoms with E-state index in [9.17, 15) is 15.0 Å². The second-order valence-corrected chi connectivity index (χ2v) is 6.64. The van der Waals surface area contributed by atoms with Crippen molar-refractivity contribution < 1.29 is 19.7 Å². The maximum absolute atomic E-state index is 12.0. The molecular formula is C17H21N3O4. The number of para-hydroxylation sites is 2. The first-order valence-electron chi connectivity index (χ1n) is 8.28. The smallest absolute Gasteiger partial charge is 0.311 e. The third-order valence-electron chi connectivity index (χ3n) is 5.37. The Morgan fingerprint density at radius 3 is 3.00 bits per heavy atom. The van der Waals surface area contributed by atoms with Gasteiger partial charge in [0.25, 0.3) is 0 Å². The van der Waals surface area contributed by atoms with Crippen LogP contribution < -0.4 is 4.90 Å². The molecule has 2 fully saturated rings. The van der Waals surface area contributed by atoms with Gasteiger partial charge in [0.1, 0.15) is 0 Å². The third-order valence-corrected chi connectivity index (χ3v) is 5.37. The molecule has 0 spiro atoms. The zero-order chi connectivity index (χ0) is 16.7. The van der Waals surface area contributed by atoms with Crippen LogP contribution in [0.3, 0.4) is 0 Å². The number of anilines is 1. The van der Waals surface area contributed by atoms with Gasteiger partial charge in [-0.15, -0.1) is 0 Å². The minimum Gasteiger partial charge on any atom is -0.481 e. The number of imidazole rings is 1. The van der Waals surface area contributed by atoms with Gasteiger partial charge in [0.15, 0.2) is 0 Å². The van der Waals surface area contributed by atoms with Gasteiger partial charge in [0, 0.05) is 32.2 Å². The van der Waals surface area contributed by atoms with Gasteiger partial charge in [0.2, 0.25) is 5.95 Å². The summed E-state index contributed by atoms with van der Waals surface area (Å²) < 4.78 is 7.50. The molecule has 2 aliphatic rings. The summed E-state index contributed by atoms with van der Waals surface area (Å²) in [6, 6.07) is 7.78. The van der Waals surface area contributed by atoms with Gasteiger partial charge < -0.3 is 24.4 Å². The molecule has 0 radical (unpaired) electrons. The van der Waals surface area contributed by atoms with Crippen LogP contribution in [0.4, 0.5) is 5.95 Å². The first kappa shape index (κ1) is 15.4. The number of aliphatic hydroxyl groups excluding tert-OH is 1. The number of rotatable bonds is 4. The molecule has 2 atom stereocenters. The Bertz CT molecular complexity index is 774. The molecule has 1 aromatic heterocycles. The first-order chi connectivity index (χ1) is 11.7. The lowest BCUT2D eigenvalue weighted by molar-refractivity contribution is -0.157. The van der Waals surface area contributed by atoms with E-state index in [1.165, 1.54) is 0 Å². The van der Waals surface area contributed by atoms with Crippen LogP contribution in [0, 0.1) is 11.3 Å². The Morgan fingerprint density at radius 1 is 1.42 bits per heavy atom. The van der Waals surface area contributed by atoms with Crippen LogP contribution in [-0.4, -0.2) is 58.6 Å². The summed E-state index contributed by atoms with van der Waals surface area (Å²) in [5.41, 5.74) is 1.05. The summed E-state index contributed by atoms with van der Waals surface area (Å²) in [5.74, 6) is -0.0467. The van der Waals surface area contributed by atoms with Crippen LogP contribution in [0.2, 0.25) is 0 Å². The second-order valence-electron chi connectivity index (χ2n) is 6.64. The fourth-order valence-electron chi connectivity index (χ4n) is 4.08. The van der Waals surface area contributed by atoms with Gasteiger partial charge in [-0.25, -0.2) is 4.98 Å². The van der Waals surface area contributed by atoms with Crippen molar-refractivity contribution in [1.29, 1.82) is 0 Å². The predicted octanol–water partition coefficient (Wildman–Crippen LogP) is 0.956. The molecule has 0 amide bonds. The minimum absolute atomic E-state index is 0.0117. The number of aliphatic hydroxyl groups is 1. The van der Waals surface area contributed by atoms with Crippen molar-refractivity contribution in [1.82, 2.24) is 9.55 Å². The SMILES string of the molecule is O=C(O)[C@]12CCOC[C@H]1CN(c1nc3ccccc3n1CCO)C2. The van der Waals surface area contributed by atoms with E-state index in [0.29, 0.717) is 39.3 Å². The monoisotopic (exact) mass is 331 g/mol. The van der Waals surface area contributed by atoms with E-state index in [1.54, 1.807) is 0 Å². The number of nitrogens with zero attached hydrogens (tertiary/aromatic N) is 3. The molecule has 0 bridgehead atoms. The number of fused-ring (bicyclic) bond motifs is 2. The van der Waals surface area contributed by atoms with Crippen LogP contribution in [0.5, 0.6) is 0 Å². The minimum atomic E-state index is -0.763. The summed E-state index contributed by atoms with van der Waals surface area (Å²) in [7, 11) is 0. The Balaban J connectivity index is 1.75. The van der Waals surface area contributed by atoms with Crippen molar-refractivity contribution >= 4 is 23.0 Å². The molecule has 0 aliphatic carbocycles. The number of hydrogen-bond acceptors (Lipinski definition) is 5. The Labute approximate surface area is 139 Å². The van der Waals surface area contributed by atoms with Crippen LogP contribution in [-0.2, 0) is 16.1 Å². The number of carboxylic acids is 1. The molecule has 2 aliphatic heterocycles. The number of aliphatic carboxylic acids is 1. The van der Waals surface area contributed by atoms with Gasteiger partial charge in [-0.3, -0.25) is 4.79 Å². The molecule has 128 valence electrons. The molecule has 4 rings (SSSR count). The van der Waals surface area contributed by atoms with Crippen molar-refractivity contribution in [2.75, 3.05) is 37.8 Å². The maximum Gasteiger partial charge on any atom is 0.311 e. The van der Waals surface area contributed by atoms with E-state index in [0.717, 1.165) is 17.0 Å². The molecule has 7 nitrogen and oxygen atoms in total. The van der Waals surface area contributed by atoms with Crippen molar-refractivity contribution in [2.24, 2.45) is 11.3 Å². The summed E-state index contributed by atoms with van der Waals surface area (Å²) in [6.07, 6.45) is 0.531. The number of ether oxygens (including phenoxy) is 1. The molecule has 2 saturated heterocycles. The van der Waals surface area contributed by atoms with E-state index in [2.05, 4.69) is 0 Å². The van der Waals surface area contributed by atoms with Crippen molar-refractivity contribution in [3.8, 4) is 0 Å². The zero-order valence-electron chi connectivity index (χ0n) is 13.4. The molecule has 1 aromatic carbocycles. The second kappa shape index (κ2) is 5.75. The van der Waals surface area contributed by atoms with Crippen LogP contribution in [0.15, 0.2) is 24.3 Å². The van der Waals surface area contributed by atoms with Crippen molar-refractivity contribution in [3.63, 3.8) is 0 Å². The fraction of sp³-hybridized carbons (Fsp3) is 0.529. The lowest BCUT2D eigenvalue weighted by Crippen LogP contribution is -2.44. The standard InChI is InChI=1S/C17H21N3O4/c21-7-6-20-14-4-2-1-3-13(14)18-16(20)19-9-12-10-24-8-5-17(12,11-19)15(22)23/h1-4,12,21H,5-11H2,(H,22,23)/t12-,17+/m1/s1. The molecule has 24 heavy (non-hydrogen) atoms. The largest absolute Gasteiger partial charge is 0.481 e. The highest BCUT2D eigenvalue weighted by molar-refractivity contribution is 5.80. The van der Waals surface area contributed by atoms with Gasteiger partial charge in [-0.05, 0) is 18.6 Å². The molecule has 3 heterocycles. The number of carboxylic acid groups (broad SMARTS) is 1. The summed E-state index contributed by atoms with van der Waals surface area (Å²) in [5, 5.41) is 19.3. The lowest BCUT2D eigenvalue weighted by Gasteiger charge is -2.33. The highest BCUT2D eigenvalue weighted by atomic mass is 16.5. The van der Waals surface area contributed by atoms with E-state index < -0.39 is 11.4 Å². The molecule has 7 heteroatoms. The van der Waals surface area contributed by atoms with Gasteiger partial charge >= 0.3 is 5.97 Å². The molecular weight excluding hydrogens is 310 g/mol. The normalized spacial score (nSPS) is 26.7. The van der Waals surface area contributed by atoms with E-state index in [1.807, 2.05) is 33.7 Å². The van der Waals surface area contributed by atoms with E-state index in [4.69, 9.17) is 9.72 Å². The topological polar surface area (TPSA) is 87.8 Å². The Morgan fingerprint density at radius 2 is 2.25 bits per heavy atom. The highest BCUT2D eigenvalue weighted by Gasteiger charge is 2.54. The number of carbonyl (C=O) groups is 1. The summed E-state index contributed by atoms with van der Waals surface area (Å²) >= 11 is 0. The maximum atomic E-state index is 12.0. The number of aromatic nitrogens is 2. The van der Waals surface area contributed by atoms with E-state index in [-0.39, 0.29) is 12.5 Å². The Hall–Kier alpha value is -2.12. The molecule has 2 N–H and O–H groups in total. The van der Waals surface area contributed by atoms with Crippen molar-refractivity contribution in [3.05, 3.63) is 24.3 Å². The van der Waals surface area contributed by atoms with Crippen LogP contribution in [0.25, 0.3) is 11.0 Å². The quantitative estimate of drug-likeness (QED) is 0.867. The zero-order valence-corrected chi connectivity index (χ0v) is 13.4.